The Morgan fingerprint density at radius 3 is 2.17 bits per heavy atom. The molecule has 5 nitrogen and oxygen atoms in total. The summed E-state index contributed by atoms with van der Waals surface area (Å²) in [4.78, 5) is 21.5. The molecule has 1 aromatic rings. The number of rotatable bonds is 4. The summed E-state index contributed by atoms with van der Waals surface area (Å²) in [5.41, 5.74) is -0.524. The third kappa shape index (κ3) is 3.20. The van der Waals surface area contributed by atoms with Crippen LogP contribution in [0.1, 0.15) is 10.4 Å². The Bertz CT molecular complexity index is 469. The number of carbonyl (C=O) groups is 2. The monoisotopic (exact) mass is 263 g/mol. The summed E-state index contributed by atoms with van der Waals surface area (Å²) < 4.78 is 38.2. The lowest BCUT2D eigenvalue weighted by Crippen LogP contribution is -2.36. The summed E-state index contributed by atoms with van der Waals surface area (Å²) in [7, 11) is 0. The van der Waals surface area contributed by atoms with Crippen molar-refractivity contribution >= 4 is 11.9 Å². The van der Waals surface area contributed by atoms with Gasteiger partial charge in [0.15, 0.2) is 23.6 Å². The molecule has 0 saturated heterocycles. The molecule has 0 aliphatic carbocycles. The van der Waals surface area contributed by atoms with Gasteiger partial charge in [-0.05, 0) is 12.1 Å². The van der Waals surface area contributed by atoms with E-state index in [0.29, 0.717) is 12.1 Å². The zero-order valence-corrected chi connectivity index (χ0v) is 8.78. The van der Waals surface area contributed by atoms with Crippen molar-refractivity contribution in [1.82, 2.24) is 5.32 Å². The predicted octanol–water partition coefficient (Wildman–Crippen LogP) is 0.279. The van der Waals surface area contributed by atoms with Crippen LogP contribution < -0.4 is 5.32 Å². The Hall–Kier alpha value is -2.09. The van der Waals surface area contributed by atoms with Crippen LogP contribution in [0, 0.1) is 17.5 Å². The van der Waals surface area contributed by atoms with Crippen LogP contribution in [-0.2, 0) is 4.79 Å². The zero-order valence-electron chi connectivity index (χ0n) is 8.78. The molecule has 0 saturated carbocycles. The fourth-order valence-corrected chi connectivity index (χ4v) is 1.07. The topological polar surface area (TPSA) is 86.6 Å². The van der Waals surface area contributed by atoms with E-state index in [1.807, 2.05) is 5.32 Å². The molecule has 1 unspecified atom stereocenters. The van der Waals surface area contributed by atoms with Crippen LogP contribution >= 0.6 is 0 Å². The Morgan fingerprint density at radius 1 is 1.22 bits per heavy atom. The molecule has 0 fully saturated rings. The second kappa shape index (κ2) is 5.50. The molecule has 1 aromatic carbocycles. The molecule has 3 N–H and O–H groups in total. The fourth-order valence-electron chi connectivity index (χ4n) is 1.07. The highest BCUT2D eigenvalue weighted by atomic mass is 19.2. The standard InChI is InChI=1S/C10H8F3NO4/c11-5-1-4(2-6(12)8(5)13)9(16)14-3-7(15)10(17)18/h1-2,7,15H,3H2,(H,14,16)(H,17,18). The normalized spacial score (nSPS) is 12.0. The predicted molar refractivity (Wildman–Crippen MR) is 52.3 cm³/mol. The minimum atomic E-state index is -1.84. The van der Waals surface area contributed by atoms with Crippen LogP contribution in [0.2, 0.25) is 0 Å². The van der Waals surface area contributed by atoms with E-state index >= 15 is 0 Å². The third-order valence-corrected chi connectivity index (χ3v) is 1.99. The summed E-state index contributed by atoms with van der Waals surface area (Å²) in [6, 6.07) is 0.918. The third-order valence-electron chi connectivity index (χ3n) is 1.99. The van der Waals surface area contributed by atoms with Crippen molar-refractivity contribution in [2.24, 2.45) is 0 Å². The summed E-state index contributed by atoms with van der Waals surface area (Å²) in [5, 5.41) is 19.1. The first-order chi connectivity index (χ1) is 8.32. The quantitative estimate of drug-likeness (QED) is 0.681. The molecule has 8 heteroatoms. The largest absolute Gasteiger partial charge is 0.479 e. The van der Waals surface area contributed by atoms with Crippen molar-refractivity contribution in [3.8, 4) is 0 Å². The molecule has 0 bridgehead atoms. The highest BCUT2D eigenvalue weighted by molar-refractivity contribution is 5.94. The number of carbonyl (C=O) groups excluding carboxylic acids is 1. The van der Waals surface area contributed by atoms with Gasteiger partial charge in [0.1, 0.15) is 0 Å². The van der Waals surface area contributed by atoms with Crippen molar-refractivity contribution in [3.63, 3.8) is 0 Å². The van der Waals surface area contributed by atoms with Gasteiger partial charge in [-0.3, -0.25) is 4.79 Å². The second-order valence-electron chi connectivity index (χ2n) is 3.32. The van der Waals surface area contributed by atoms with Crippen LogP contribution in [0.4, 0.5) is 13.2 Å². The molecular formula is C10H8F3NO4. The number of carboxylic acid groups (broad SMARTS) is 1. The zero-order chi connectivity index (χ0) is 13.9. The Kier molecular flexibility index (Phi) is 4.27. The van der Waals surface area contributed by atoms with Gasteiger partial charge in [-0.2, -0.15) is 0 Å². The van der Waals surface area contributed by atoms with Crippen molar-refractivity contribution in [3.05, 3.63) is 35.1 Å². The van der Waals surface area contributed by atoms with Crippen LogP contribution in [0.25, 0.3) is 0 Å². The molecule has 1 atom stereocenters. The summed E-state index contributed by atoms with van der Waals surface area (Å²) >= 11 is 0. The number of hydrogen-bond acceptors (Lipinski definition) is 3. The van der Waals surface area contributed by atoms with Gasteiger partial charge in [0.2, 0.25) is 0 Å². The average Bonchev–Trinajstić information content (AvgIpc) is 2.31. The van der Waals surface area contributed by atoms with E-state index in [4.69, 9.17) is 10.2 Å². The SMILES string of the molecule is O=C(NCC(O)C(=O)O)c1cc(F)c(F)c(F)c1. The van der Waals surface area contributed by atoms with E-state index in [2.05, 4.69) is 0 Å². The molecular weight excluding hydrogens is 255 g/mol. The number of amides is 1. The maximum Gasteiger partial charge on any atom is 0.334 e. The minimum Gasteiger partial charge on any atom is -0.479 e. The van der Waals surface area contributed by atoms with Gasteiger partial charge in [-0.25, -0.2) is 18.0 Å². The van der Waals surface area contributed by atoms with E-state index in [9.17, 15) is 22.8 Å². The van der Waals surface area contributed by atoms with Crippen molar-refractivity contribution in [2.75, 3.05) is 6.54 Å². The smallest absolute Gasteiger partial charge is 0.334 e. The maximum atomic E-state index is 12.8. The lowest BCUT2D eigenvalue weighted by atomic mass is 10.2. The first kappa shape index (κ1) is 14.0. The van der Waals surface area contributed by atoms with Gasteiger partial charge >= 0.3 is 5.97 Å². The summed E-state index contributed by atoms with van der Waals surface area (Å²) in [5.74, 6) is -7.39. The van der Waals surface area contributed by atoms with E-state index in [1.165, 1.54) is 0 Å². The van der Waals surface area contributed by atoms with Crippen molar-refractivity contribution < 1.29 is 33.0 Å². The number of aliphatic carboxylic acids is 1. The Morgan fingerprint density at radius 2 is 1.72 bits per heavy atom. The molecule has 0 aromatic heterocycles. The molecule has 0 spiro atoms. The van der Waals surface area contributed by atoms with Gasteiger partial charge in [-0.1, -0.05) is 0 Å². The highest BCUT2D eigenvalue weighted by Gasteiger charge is 2.17. The number of halogens is 3. The molecule has 0 radical (unpaired) electrons. The second-order valence-corrected chi connectivity index (χ2v) is 3.32. The van der Waals surface area contributed by atoms with Gasteiger partial charge in [0, 0.05) is 5.56 Å². The molecule has 0 aliphatic rings. The van der Waals surface area contributed by atoms with E-state index < -0.39 is 47.5 Å². The van der Waals surface area contributed by atoms with Gasteiger partial charge < -0.3 is 15.5 Å². The molecule has 0 aliphatic heterocycles. The number of benzene rings is 1. The molecule has 18 heavy (non-hydrogen) atoms. The van der Waals surface area contributed by atoms with Crippen LogP contribution in [-0.4, -0.2) is 34.7 Å². The fraction of sp³-hybridized carbons (Fsp3) is 0.200. The lowest BCUT2D eigenvalue weighted by molar-refractivity contribution is -0.146. The van der Waals surface area contributed by atoms with E-state index in [0.717, 1.165) is 0 Å². The molecule has 1 amide bonds. The van der Waals surface area contributed by atoms with Gasteiger partial charge in [0.05, 0.1) is 6.54 Å². The number of aliphatic hydroxyl groups is 1. The summed E-state index contributed by atoms with van der Waals surface area (Å²) in [6.07, 6.45) is -1.84. The van der Waals surface area contributed by atoms with Gasteiger partial charge in [0.25, 0.3) is 5.91 Å². The van der Waals surface area contributed by atoms with Crippen LogP contribution in [0.5, 0.6) is 0 Å². The molecule has 1 rings (SSSR count). The van der Waals surface area contributed by atoms with Gasteiger partial charge in [-0.15, -0.1) is 0 Å². The highest BCUT2D eigenvalue weighted by Crippen LogP contribution is 2.13. The number of nitrogens with one attached hydrogen (secondary N) is 1. The number of aliphatic hydroxyl groups excluding tert-OH is 1. The Labute approximate surface area is 98.8 Å². The van der Waals surface area contributed by atoms with Crippen LogP contribution in [0.15, 0.2) is 12.1 Å². The first-order valence-electron chi connectivity index (χ1n) is 4.66. The first-order valence-corrected chi connectivity index (χ1v) is 4.66. The lowest BCUT2D eigenvalue weighted by Gasteiger charge is -2.08. The minimum absolute atomic E-state index is 0.459. The van der Waals surface area contributed by atoms with Crippen molar-refractivity contribution in [1.29, 1.82) is 0 Å². The van der Waals surface area contributed by atoms with Crippen LogP contribution in [0.3, 0.4) is 0 Å². The molecule has 98 valence electrons. The Balaban J connectivity index is 2.76. The maximum absolute atomic E-state index is 12.8. The van der Waals surface area contributed by atoms with Crippen molar-refractivity contribution in [2.45, 2.75) is 6.10 Å². The van der Waals surface area contributed by atoms with E-state index in [1.54, 1.807) is 0 Å². The number of hydrogen-bond donors (Lipinski definition) is 3. The average molecular weight is 263 g/mol. The summed E-state index contributed by atoms with van der Waals surface area (Å²) in [6.45, 7) is -0.644. The molecule has 0 heterocycles. The van der Waals surface area contributed by atoms with E-state index in [-0.39, 0.29) is 0 Å². The number of carboxylic acids is 1.